The molecule has 0 aromatic rings. The number of nitrogens with zero attached hydrogens (tertiary/aromatic N) is 1. The van der Waals surface area contributed by atoms with Crippen LogP contribution in [0.5, 0.6) is 0 Å². The molecule has 0 bridgehead atoms. The zero-order valence-corrected chi connectivity index (χ0v) is 12.6. The van der Waals surface area contributed by atoms with Crippen LogP contribution in [0.15, 0.2) is 0 Å². The Bertz CT molecular complexity index is 503. The Kier molecular flexibility index (Phi) is 5.17. The fraction of sp³-hybridized carbons (Fsp3) is 0.833. The number of hydrogen-bond acceptors (Lipinski definition) is 4. The van der Waals surface area contributed by atoms with E-state index in [4.69, 9.17) is 5.11 Å². The summed E-state index contributed by atoms with van der Waals surface area (Å²) in [7, 11) is -3.86. The van der Waals surface area contributed by atoms with Crippen molar-refractivity contribution in [2.75, 3.05) is 13.1 Å². The number of carbonyl (C=O) groups is 2. The minimum absolute atomic E-state index is 0.0241. The molecule has 1 saturated carbocycles. The van der Waals surface area contributed by atoms with Crippen molar-refractivity contribution in [1.82, 2.24) is 14.3 Å². The Balaban J connectivity index is 1.84. The summed E-state index contributed by atoms with van der Waals surface area (Å²) < 4.78 is 27.6. The molecule has 0 spiro atoms. The van der Waals surface area contributed by atoms with Crippen molar-refractivity contribution in [3.05, 3.63) is 0 Å². The third kappa shape index (κ3) is 4.65. The van der Waals surface area contributed by atoms with Crippen LogP contribution in [0.1, 0.15) is 38.5 Å². The van der Waals surface area contributed by atoms with Gasteiger partial charge in [0.15, 0.2) is 0 Å². The van der Waals surface area contributed by atoms with Gasteiger partial charge in [0.1, 0.15) is 6.04 Å². The second-order valence-corrected chi connectivity index (χ2v) is 7.16. The predicted molar refractivity (Wildman–Crippen MR) is 74.7 cm³/mol. The van der Waals surface area contributed by atoms with E-state index in [1.807, 2.05) is 0 Å². The lowest BCUT2D eigenvalue weighted by molar-refractivity contribution is -0.142. The van der Waals surface area contributed by atoms with Crippen LogP contribution >= 0.6 is 0 Å². The van der Waals surface area contributed by atoms with Gasteiger partial charge in [-0.3, -0.25) is 9.59 Å². The zero-order chi connectivity index (χ0) is 15.5. The SMILES string of the molecule is O=C(CCNS(=O)(=O)N1CCCCC1C(=O)O)NC1CC1. The largest absolute Gasteiger partial charge is 0.480 e. The Hall–Kier alpha value is -1.19. The van der Waals surface area contributed by atoms with Crippen LogP contribution in [0.3, 0.4) is 0 Å². The molecule has 0 aromatic heterocycles. The number of carbonyl (C=O) groups excluding carboxylic acids is 1. The van der Waals surface area contributed by atoms with E-state index in [9.17, 15) is 18.0 Å². The first-order chi connectivity index (χ1) is 9.90. The quantitative estimate of drug-likeness (QED) is 0.581. The molecule has 0 radical (unpaired) electrons. The second-order valence-electron chi connectivity index (χ2n) is 5.45. The van der Waals surface area contributed by atoms with E-state index in [0.717, 1.165) is 17.1 Å². The van der Waals surface area contributed by atoms with Gasteiger partial charge >= 0.3 is 5.97 Å². The lowest BCUT2D eigenvalue weighted by Crippen LogP contribution is -2.52. The molecule has 1 aliphatic carbocycles. The van der Waals surface area contributed by atoms with Crippen LogP contribution in [0.25, 0.3) is 0 Å². The molecule has 2 rings (SSSR count). The highest BCUT2D eigenvalue weighted by atomic mass is 32.2. The second kappa shape index (κ2) is 6.71. The normalized spacial score (nSPS) is 23.7. The monoisotopic (exact) mass is 319 g/mol. The number of carboxylic acid groups (broad SMARTS) is 1. The van der Waals surface area contributed by atoms with Crippen molar-refractivity contribution < 1.29 is 23.1 Å². The van der Waals surface area contributed by atoms with Gasteiger partial charge in [-0.05, 0) is 32.1 Å². The summed E-state index contributed by atoms with van der Waals surface area (Å²) in [6.07, 6.45) is 3.68. The summed E-state index contributed by atoms with van der Waals surface area (Å²) in [5.41, 5.74) is 0. The zero-order valence-electron chi connectivity index (χ0n) is 11.7. The van der Waals surface area contributed by atoms with E-state index >= 15 is 0 Å². The van der Waals surface area contributed by atoms with Gasteiger partial charge in [-0.15, -0.1) is 0 Å². The number of rotatable bonds is 7. The number of aliphatic carboxylic acids is 1. The van der Waals surface area contributed by atoms with Crippen LogP contribution in [0.4, 0.5) is 0 Å². The molecule has 1 heterocycles. The molecule has 1 atom stereocenters. The van der Waals surface area contributed by atoms with E-state index in [-0.39, 0.29) is 31.5 Å². The van der Waals surface area contributed by atoms with E-state index in [0.29, 0.717) is 19.3 Å². The summed E-state index contributed by atoms with van der Waals surface area (Å²) in [5, 5.41) is 11.9. The first-order valence-corrected chi connectivity index (χ1v) is 8.63. The van der Waals surface area contributed by atoms with Gasteiger partial charge < -0.3 is 10.4 Å². The molecule has 2 fully saturated rings. The molecule has 3 N–H and O–H groups in total. The number of hydrogen-bond donors (Lipinski definition) is 3. The number of piperidine rings is 1. The van der Waals surface area contributed by atoms with Crippen LogP contribution in [0, 0.1) is 0 Å². The highest BCUT2D eigenvalue weighted by Gasteiger charge is 2.36. The van der Waals surface area contributed by atoms with E-state index in [1.165, 1.54) is 0 Å². The van der Waals surface area contributed by atoms with Gasteiger partial charge in [0.2, 0.25) is 5.91 Å². The number of carboxylic acids is 1. The van der Waals surface area contributed by atoms with Crippen molar-refractivity contribution in [3.63, 3.8) is 0 Å². The molecule has 0 aromatic carbocycles. The minimum Gasteiger partial charge on any atom is -0.480 e. The predicted octanol–water partition coefficient (Wildman–Crippen LogP) is -0.571. The summed E-state index contributed by atoms with van der Waals surface area (Å²) in [5.74, 6) is -1.32. The van der Waals surface area contributed by atoms with E-state index < -0.39 is 22.2 Å². The van der Waals surface area contributed by atoms with Crippen LogP contribution in [-0.4, -0.2) is 54.9 Å². The Morgan fingerprint density at radius 3 is 2.52 bits per heavy atom. The first kappa shape index (κ1) is 16.2. The summed E-state index contributed by atoms with van der Waals surface area (Å²) in [6, 6.07) is -0.774. The molecule has 8 nitrogen and oxygen atoms in total. The number of nitrogens with one attached hydrogen (secondary N) is 2. The van der Waals surface area contributed by atoms with Crippen molar-refractivity contribution in [3.8, 4) is 0 Å². The molecule has 2 aliphatic rings. The third-order valence-corrected chi connectivity index (χ3v) is 5.25. The molecular formula is C12H21N3O5S. The molecule has 120 valence electrons. The lowest BCUT2D eigenvalue weighted by atomic mass is 10.1. The van der Waals surface area contributed by atoms with Gasteiger partial charge in [-0.25, -0.2) is 4.72 Å². The van der Waals surface area contributed by atoms with Crippen molar-refractivity contribution in [2.45, 2.75) is 50.6 Å². The van der Waals surface area contributed by atoms with Gasteiger partial charge in [0, 0.05) is 25.6 Å². The van der Waals surface area contributed by atoms with Crippen molar-refractivity contribution >= 4 is 22.1 Å². The first-order valence-electron chi connectivity index (χ1n) is 7.19. The molecule has 9 heteroatoms. The average molecular weight is 319 g/mol. The van der Waals surface area contributed by atoms with Crippen molar-refractivity contribution in [2.24, 2.45) is 0 Å². The van der Waals surface area contributed by atoms with Crippen LogP contribution in [-0.2, 0) is 19.8 Å². The summed E-state index contributed by atoms with van der Waals surface area (Å²) in [6.45, 7) is 0.171. The maximum Gasteiger partial charge on any atom is 0.322 e. The molecular weight excluding hydrogens is 298 g/mol. The lowest BCUT2D eigenvalue weighted by Gasteiger charge is -2.31. The Labute approximate surface area is 124 Å². The fourth-order valence-electron chi connectivity index (χ4n) is 2.34. The molecule has 1 saturated heterocycles. The van der Waals surface area contributed by atoms with Crippen LogP contribution in [0.2, 0.25) is 0 Å². The van der Waals surface area contributed by atoms with Crippen LogP contribution < -0.4 is 10.0 Å². The van der Waals surface area contributed by atoms with Gasteiger partial charge in [0.25, 0.3) is 10.2 Å². The van der Waals surface area contributed by atoms with E-state index in [1.54, 1.807) is 0 Å². The molecule has 1 amide bonds. The van der Waals surface area contributed by atoms with Crippen molar-refractivity contribution in [1.29, 1.82) is 0 Å². The Morgan fingerprint density at radius 2 is 1.90 bits per heavy atom. The number of amides is 1. The van der Waals surface area contributed by atoms with Gasteiger partial charge in [0.05, 0.1) is 0 Å². The van der Waals surface area contributed by atoms with Gasteiger partial charge in [-0.2, -0.15) is 12.7 Å². The average Bonchev–Trinajstić information content (AvgIpc) is 3.22. The molecule has 1 aliphatic heterocycles. The molecule has 1 unspecified atom stereocenters. The fourth-order valence-corrected chi connectivity index (χ4v) is 3.77. The smallest absolute Gasteiger partial charge is 0.322 e. The summed E-state index contributed by atoms with van der Waals surface area (Å²) in [4.78, 5) is 22.6. The standard InChI is InChI=1S/C12H21N3O5S/c16-11(14-9-4-5-9)6-7-13-21(19,20)15-8-2-1-3-10(15)12(17)18/h9-10,13H,1-8H2,(H,14,16)(H,17,18). The van der Waals surface area contributed by atoms with E-state index in [2.05, 4.69) is 10.0 Å². The minimum atomic E-state index is -3.86. The Morgan fingerprint density at radius 1 is 1.19 bits per heavy atom. The highest BCUT2D eigenvalue weighted by Crippen LogP contribution is 2.20. The van der Waals surface area contributed by atoms with Gasteiger partial charge in [-0.1, -0.05) is 0 Å². The highest BCUT2D eigenvalue weighted by molar-refractivity contribution is 7.87. The topological polar surface area (TPSA) is 116 Å². The third-order valence-electron chi connectivity index (χ3n) is 3.63. The summed E-state index contributed by atoms with van der Waals surface area (Å²) >= 11 is 0. The maximum absolute atomic E-state index is 12.1. The maximum atomic E-state index is 12.1. The molecule has 21 heavy (non-hydrogen) atoms.